The van der Waals surface area contributed by atoms with E-state index in [0.29, 0.717) is 24.4 Å². The minimum absolute atomic E-state index is 0.0839. The van der Waals surface area contributed by atoms with Crippen molar-refractivity contribution < 1.29 is 14.7 Å². The third-order valence-corrected chi connectivity index (χ3v) is 3.16. The molecular formula is C12H18N2O3S. The van der Waals surface area contributed by atoms with Crippen LogP contribution in [0.15, 0.2) is 17.5 Å². The number of amides is 2. The molecule has 0 aliphatic rings. The first-order chi connectivity index (χ1) is 8.74. The van der Waals surface area contributed by atoms with Gasteiger partial charge < -0.3 is 15.7 Å². The van der Waals surface area contributed by atoms with Crippen molar-refractivity contribution in [2.45, 2.75) is 19.3 Å². The highest BCUT2D eigenvalue weighted by molar-refractivity contribution is 7.12. The second-order valence-electron chi connectivity index (χ2n) is 3.76. The van der Waals surface area contributed by atoms with E-state index in [1.54, 1.807) is 6.07 Å². The Hall–Kier alpha value is -1.40. The molecule has 3 N–H and O–H groups in total. The molecule has 0 saturated heterocycles. The fraction of sp³-hybridized carbons (Fsp3) is 0.500. The molecule has 0 unspecified atom stereocenters. The smallest absolute Gasteiger partial charge is 0.261 e. The summed E-state index contributed by atoms with van der Waals surface area (Å²) in [6, 6.07) is 3.56. The molecule has 0 atom stereocenters. The van der Waals surface area contributed by atoms with Crippen LogP contribution in [-0.2, 0) is 4.79 Å². The number of carbonyl (C=O) groups is 2. The van der Waals surface area contributed by atoms with Crippen molar-refractivity contribution in [1.82, 2.24) is 10.6 Å². The van der Waals surface area contributed by atoms with Crippen molar-refractivity contribution in [3.63, 3.8) is 0 Å². The molecule has 0 spiro atoms. The summed E-state index contributed by atoms with van der Waals surface area (Å²) in [6.45, 7) is 1.05. The van der Waals surface area contributed by atoms with E-state index in [0.717, 1.165) is 6.42 Å². The minimum atomic E-state index is -0.141. The van der Waals surface area contributed by atoms with Crippen LogP contribution < -0.4 is 10.6 Å². The molecule has 5 nitrogen and oxygen atoms in total. The van der Waals surface area contributed by atoms with E-state index in [1.165, 1.54) is 11.3 Å². The Morgan fingerprint density at radius 3 is 2.72 bits per heavy atom. The summed E-state index contributed by atoms with van der Waals surface area (Å²) in [5.74, 6) is -0.225. The maximum absolute atomic E-state index is 11.5. The van der Waals surface area contributed by atoms with Gasteiger partial charge >= 0.3 is 0 Å². The summed E-state index contributed by atoms with van der Waals surface area (Å²) in [5.41, 5.74) is 0. The molecule has 100 valence electrons. The van der Waals surface area contributed by atoms with Crippen LogP contribution in [-0.4, -0.2) is 36.6 Å². The van der Waals surface area contributed by atoms with Crippen molar-refractivity contribution in [3.05, 3.63) is 22.4 Å². The van der Waals surface area contributed by atoms with Crippen LogP contribution in [0.2, 0.25) is 0 Å². The maximum atomic E-state index is 11.5. The van der Waals surface area contributed by atoms with Crippen molar-refractivity contribution >= 4 is 23.2 Å². The maximum Gasteiger partial charge on any atom is 0.261 e. The number of nitrogens with one attached hydrogen (secondary N) is 2. The Balaban J connectivity index is 2.07. The molecule has 1 aromatic heterocycles. The van der Waals surface area contributed by atoms with Crippen LogP contribution in [0.25, 0.3) is 0 Å². The van der Waals surface area contributed by atoms with Gasteiger partial charge in [0.1, 0.15) is 0 Å². The SMILES string of the molecule is O=C(CCNC(=O)c1cccs1)NCCCCO. The predicted molar refractivity (Wildman–Crippen MR) is 70.6 cm³/mol. The molecule has 2 amide bonds. The Kier molecular flexibility index (Phi) is 7.05. The summed E-state index contributed by atoms with van der Waals surface area (Å²) in [6.07, 6.45) is 1.73. The van der Waals surface area contributed by atoms with Crippen LogP contribution in [0, 0.1) is 0 Å². The number of hydrogen-bond donors (Lipinski definition) is 3. The van der Waals surface area contributed by atoms with Gasteiger partial charge in [-0.05, 0) is 24.3 Å². The van der Waals surface area contributed by atoms with Crippen LogP contribution in [0.5, 0.6) is 0 Å². The fourth-order valence-corrected chi connectivity index (χ4v) is 1.98. The number of carbonyl (C=O) groups excluding carboxylic acids is 2. The zero-order chi connectivity index (χ0) is 13.2. The van der Waals surface area contributed by atoms with Crippen LogP contribution in [0.1, 0.15) is 28.9 Å². The number of thiophene rings is 1. The second kappa shape index (κ2) is 8.66. The Morgan fingerprint density at radius 1 is 1.22 bits per heavy atom. The molecule has 1 aromatic rings. The Labute approximate surface area is 110 Å². The van der Waals surface area contributed by atoms with E-state index < -0.39 is 0 Å². The molecular weight excluding hydrogens is 252 g/mol. The first kappa shape index (κ1) is 14.7. The molecule has 0 fully saturated rings. The van der Waals surface area contributed by atoms with E-state index >= 15 is 0 Å². The van der Waals surface area contributed by atoms with Crippen LogP contribution >= 0.6 is 11.3 Å². The predicted octanol–water partition coefficient (Wildman–Crippen LogP) is 0.757. The fourth-order valence-electron chi connectivity index (χ4n) is 1.34. The number of aliphatic hydroxyl groups is 1. The van der Waals surface area contributed by atoms with Gasteiger partial charge in [-0.1, -0.05) is 6.07 Å². The van der Waals surface area contributed by atoms with Gasteiger partial charge in [0.25, 0.3) is 5.91 Å². The first-order valence-electron chi connectivity index (χ1n) is 5.93. The van der Waals surface area contributed by atoms with Gasteiger partial charge in [0.15, 0.2) is 0 Å². The summed E-state index contributed by atoms with van der Waals surface area (Å²) >= 11 is 1.37. The van der Waals surface area contributed by atoms with E-state index in [4.69, 9.17) is 5.11 Å². The minimum Gasteiger partial charge on any atom is -0.396 e. The third kappa shape index (κ3) is 5.79. The molecule has 0 radical (unpaired) electrons. The monoisotopic (exact) mass is 270 g/mol. The lowest BCUT2D eigenvalue weighted by Gasteiger charge is -2.05. The van der Waals surface area contributed by atoms with Crippen molar-refractivity contribution in [2.75, 3.05) is 19.7 Å². The van der Waals surface area contributed by atoms with E-state index in [1.807, 2.05) is 11.4 Å². The summed E-state index contributed by atoms with van der Waals surface area (Å²) in [5, 5.41) is 15.8. The highest BCUT2D eigenvalue weighted by Gasteiger charge is 2.06. The van der Waals surface area contributed by atoms with E-state index in [-0.39, 0.29) is 24.8 Å². The van der Waals surface area contributed by atoms with E-state index in [9.17, 15) is 9.59 Å². The quantitative estimate of drug-likeness (QED) is 0.610. The van der Waals surface area contributed by atoms with Crippen molar-refractivity contribution in [1.29, 1.82) is 0 Å². The van der Waals surface area contributed by atoms with Crippen molar-refractivity contribution in [2.24, 2.45) is 0 Å². The lowest BCUT2D eigenvalue weighted by Crippen LogP contribution is -2.30. The molecule has 1 rings (SSSR count). The molecule has 0 bridgehead atoms. The van der Waals surface area contributed by atoms with Gasteiger partial charge in [-0.15, -0.1) is 11.3 Å². The molecule has 0 saturated carbocycles. The van der Waals surface area contributed by atoms with Crippen LogP contribution in [0.4, 0.5) is 0 Å². The van der Waals surface area contributed by atoms with Gasteiger partial charge in [0.2, 0.25) is 5.91 Å². The zero-order valence-corrected chi connectivity index (χ0v) is 11.0. The molecule has 0 aliphatic heterocycles. The average molecular weight is 270 g/mol. The Bertz CT molecular complexity index is 365. The van der Waals surface area contributed by atoms with Crippen LogP contribution in [0.3, 0.4) is 0 Å². The van der Waals surface area contributed by atoms with Gasteiger partial charge in [-0.2, -0.15) is 0 Å². The normalized spacial score (nSPS) is 10.1. The highest BCUT2D eigenvalue weighted by atomic mass is 32.1. The Morgan fingerprint density at radius 2 is 2.06 bits per heavy atom. The van der Waals surface area contributed by atoms with Crippen molar-refractivity contribution in [3.8, 4) is 0 Å². The van der Waals surface area contributed by atoms with Gasteiger partial charge in [-0.25, -0.2) is 0 Å². The average Bonchev–Trinajstić information content (AvgIpc) is 2.88. The number of rotatable bonds is 8. The molecule has 0 aliphatic carbocycles. The largest absolute Gasteiger partial charge is 0.396 e. The summed E-state index contributed by atoms with van der Waals surface area (Å²) in [4.78, 5) is 23.5. The summed E-state index contributed by atoms with van der Waals surface area (Å²) < 4.78 is 0. The zero-order valence-electron chi connectivity index (χ0n) is 10.1. The molecule has 0 aromatic carbocycles. The number of hydrogen-bond acceptors (Lipinski definition) is 4. The lowest BCUT2D eigenvalue weighted by atomic mass is 10.3. The molecule has 18 heavy (non-hydrogen) atoms. The van der Waals surface area contributed by atoms with Gasteiger partial charge in [-0.3, -0.25) is 9.59 Å². The van der Waals surface area contributed by atoms with Gasteiger partial charge in [0.05, 0.1) is 4.88 Å². The number of aliphatic hydroxyl groups excluding tert-OH is 1. The standard InChI is InChI=1S/C12H18N2O3S/c15-8-2-1-6-13-11(16)5-7-14-12(17)10-4-3-9-18-10/h3-4,9,15H,1-2,5-8H2,(H,13,16)(H,14,17). The van der Waals surface area contributed by atoms with E-state index in [2.05, 4.69) is 10.6 Å². The molecule has 6 heteroatoms. The third-order valence-electron chi connectivity index (χ3n) is 2.29. The second-order valence-corrected chi connectivity index (χ2v) is 4.71. The topological polar surface area (TPSA) is 78.4 Å². The first-order valence-corrected chi connectivity index (χ1v) is 6.81. The highest BCUT2D eigenvalue weighted by Crippen LogP contribution is 2.07. The number of unbranched alkanes of at least 4 members (excludes halogenated alkanes) is 1. The summed E-state index contributed by atoms with van der Waals surface area (Å²) in [7, 11) is 0. The lowest BCUT2D eigenvalue weighted by molar-refractivity contribution is -0.120. The van der Waals surface area contributed by atoms with Gasteiger partial charge in [0, 0.05) is 26.1 Å². The molecule has 1 heterocycles.